The summed E-state index contributed by atoms with van der Waals surface area (Å²) in [7, 11) is 1.72. The van der Waals surface area contributed by atoms with Gasteiger partial charge < -0.3 is 0 Å². The molecule has 0 saturated heterocycles. The standard InChI is InChI=1S/C26H33F3NO/c1-24-14-6-8-18(24)17-10-11-22-25(2,19(17)12-15-24)16-13-23(31)30(22,3)21-9-5-4-7-20(21)26(27,28)29/h4-5,7,9,13,16-19,22H,6,8,10-12,14-15H2,1-3H3/q+1/t17-,18-,19-,22+,24-,25+,30?/m0/s1. The van der Waals surface area contributed by atoms with Crippen LogP contribution in [0.1, 0.15) is 64.4 Å². The average Bonchev–Trinajstić information content (AvgIpc) is 3.12. The highest BCUT2D eigenvalue weighted by molar-refractivity contribution is 5.99. The molecule has 3 fully saturated rings. The molecule has 0 N–H and O–H groups in total. The van der Waals surface area contributed by atoms with Crippen LogP contribution in [0.15, 0.2) is 36.4 Å². The molecule has 2 nitrogen and oxygen atoms in total. The fourth-order valence-electron chi connectivity index (χ4n) is 8.38. The van der Waals surface area contributed by atoms with Crippen molar-refractivity contribution in [3.8, 4) is 0 Å². The molecule has 31 heavy (non-hydrogen) atoms. The van der Waals surface area contributed by atoms with Gasteiger partial charge in [0.2, 0.25) is 0 Å². The summed E-state index contributed by atoms with van der Waals surface area (Å²) in [5.74, 6) is 1.53. The third-order valence-electron chi connectivity index (χ3n) is 9.88. The highest BCUT2D eigenvalue weighted by atomic mass is 19.4. The predicted molar refractivity (Wildman–Crippen MR) is 116 cm³/mol. The number of likely N-dealkylation sites (N-methyl/N-ethyl adjacent to an activating group) is 1. The van der Waals surface area contributed by atoms with Crippen LogP contribution in [0.4, 0.5) is 18.9 Å². The van der Waals surface area contributed by atoms with Gasteiger partial charge in [0.15, 0.2) is 5.69 Å². The number of halogens is 3. The maximum Gasteiger partial charge on any atom is 0.422 e. The number of carbonyl (C=O) groups excluding carboxylic acids is 1. The molecule has 1 aromatic rings. The SMILES string of the molecule is C[C@@]12CCC[C@H]1[C@@H]1CC[C@@H]3[C@](C)(C=CC(=O)[N+]3(C)c3ccccc3C(F)(F)F)[C@H]1CC2. The van der Waals surface area contributed by atoms with E-state index in [1.54, 1.807) is 19.2 Å². The lowest BCUT2D eigenvalue weighted by atomic mass is 9.48. The molecule has 5 rings (SSSR count). The Bertz CT molecular complexity index is 939. The molecule has 168 valence electrons. The van der Waals surface area contributed by atoms with Gasteiger partial charge in [-0.2, -0.15) is 13.2 Å². The maximum atomic E-state index is 13.9. The number of para-hydroxylation sites is 1. The van der Waals surface area contributed by atoms with E-state index in [2.05, 4.69) is 19.9 Å². The largest absolute Gasteiger partial charge is 0.422 e. The number of carbonyl (C=O) groups is 1. The molecule has 3 aliphatic carbocycles. The zero-order valence-electron chi connectivity index (χ0n) is 18.7. The van der Waals surface area contributed by atoms with Gasteiger partial charge in [-0.3, -0.25) is 0 Å². The molecule has 1 aromatic carbocycles. The van der Waals surface area contributed by atoms with Crippen LogP contribution in [0.3, 0.4) is 0 Å². The van der Waals surface area contributed by atoms with E-state index < -0.39 is 11.7 Å². The van der Waals surface area contributed by atoms with Crippen LogP contribution in [-0.2, 0) is 11.0 Å². The number of hydrogen-bond acceptors (Lipinski definition) is 1. The summed E-state index contributed by atoms with van der Waals surface area (Å²) in [6, 6.07) is 5.52. The molecule has 0 aromatic heterocycles. The van der Waals surface area contributed by atoms with Gasteiger partial charge in [0.25, 0.3) is 0 Å². The lowest BCUT2D eigenvalue weighted by molar-refractivity contribution is -0.143. The van der Waals surface area contributed by atoms with Gasteiger partial charge in [0.05, 0.1) is 7.05 Å². The first-order chi connectivity index (χ1) is 14.5. The number of rotatable bonds is 1. The Balaban J connectivity index is 1.60. The summed E-state index contributed by atoms with van der Waals surface area (Å²) < 4.78 is 41.5. The second kappa shape index (κ2) is 6.69. The summed E-state index contributed by atoms with van der Waals surface area (Å²) in [5.41, 5.74) is -0.424. The van der Waals surface area contributed by atoms with Crippen molar-refractivity contribution in [2.75, 3.05) is 7.05 Å². The third-order valence-corrected chi connectivity index (χ3v) is 9.88. The van der Waals surface area contributed by atoms with Crippen LogP contribution >= 0.6 is 0 Å². The van der Waals surface area contributed by atoms with Crippen molar-refractivity contribution in [3.63, 3.8) is 0 Å². The van der Waals surface area contributed by atoms with E-state index in [0.717, 1.165) is 31.2 Å². The molecule has 5 heteroatoms. The van der Waals surface area contributed by atoms with Crippen LogP contribution in [-0.4, -0.2) is 19.0 Å². The van der Waals surface area contributed by atoms with E-state index in [1.165, 1.54) is 37.8 Å². The minimum Gasteiger partial charge on any atom is -0.226 e. The van der Waals surface area contributed by atoms with Gasteiger partial charge in [-0.1, -0.05) is 38.5 Å². The van der Waals surface area contributed by atoms with Gasteiger partial charge in [0, 0.05) is 24.0 Å². The Hall–Kier alpha value is -1.62. The first-order valence-electron chi connectivity index (χ1n) is 11.8. The molecule has 1 aliphatic heterocycles. The van der Waals surface area contributed by atoms with Gasteiger partial charge in [-0.25, -0.2) is 9.28 Å². The van der Waals surface area contributed by atoms with Crippen molar-refractivity contribution >= 4 is 11.6 Å². The highest BCUT2D eigenvalue weighted by Crippen LogP contribution is 2.65. The minimum atomic E-state index is -4.48. The summed E-state index contributed by atoms with van der Waals surface area (Å²) in [5, 5.41) is 0. The van der Waals surface area contributed by atoms with E-state index in [9.17, 15) is 18.0 Å². The fraction of sp³-hybridized carbons (Fsp3) is 0.654. The normalized spacial score (nSPS) is 44.5. The number of alkyl halides is 3. The zero-order valence-corrected chi connectivity index (χ0v) is 18.7. The average molecular weight is 433 g/mol. The molecule has 1 amide bonds. The van der Waals surface area contributed by atoms with Crippen molar-refractivity contribution in [3.05, 3.63) is 42.0 Å². The predicted octanol–water partition coefficient (Wildman–Crippen LogP) is 6.74. The molecule has 0 bridgehead atoms. The fourth-order valence-corrected chi connectivity index (χ4v) is 8.38. The Morgan fingerprint density at radius 1 is 1.00 bits per heavy atom. The number of hydrogen-bond donors (Lipinski definition) is 0. The molecule has 7 atom stereocenters. The first kappa shape index (κ1) is 21.2. The Labute approximate surface area is 183 Å². The lowest BCUT2D eigenvalue weighted by Gasteiger charge is -2.60. The van der Waals surface area contributed by atoms with E-state index >= 15 is 0 Å². The van der Waals surface area contributed by atoms with Crippen LogP contribution in [0.5, 0.6) is 0 Å². The summed E-state index contributed by atoms with van der Waals surface area (Å²) in [4.78, 5) is 13.3. The van der Waals surface area contributed by atoms with Crippen LogP contribution in [0.2, 0.25) is 0 Å². The third kappa shape index (κ3) is 2.84. The van der Waals surface area contributed by atoms with Gasteiger partial charge in [0.1, 0.15) is 11.6 Å². The number of fused-ring (bicyclic) bond motifs is 5. The van der Waals surface area contributed by atoms with Crippen molar-refractivity contribution in [1.82, 2.24) is 4.48 Å². The molecule has 1 heterocycles. The van der Waals surface area contributed by atoms with Crippen molar-refractivity contribution in [2.45, 2.75) is 71.0 Å². The number of quaternary nitrogens is 1. The highest BCUT2D eigenvalue weighted by Gasteiger charge is 2.64. The van der Waals surface area contributed by atoms with E-state index in [1.807, 2.05) is 0 Å². The van der Waals surface area contributed by atoms with Crippen molar-refractivity contribution in [1.29, 1.82) is 0 Å². The lowest BCUT2D eigenvalue weighted by Crippen LogP contribution is -2.69. The quantitative estimate of drug-likeness (QED) is 0.449. The molecular weight excluding hydrogens is 399 g/mol. The van der Waals surface area contributed by atoms with E-state index in [-0.39, 0.29) is 27.5 Å². The van der Waals surface area contributed by atoms with Crippen LogP contribution < -0.4 is 4.48 Å². The Morgan fingerprint density at radius 2 is 1.74 bits per heavy atom. The number of amides is 1. The Kier molecular flexibility index (Phi) is 4.59. The van der Waals surface area contributed by atoms with Gasteiger partial charge in [-0.05, 0) is 61.3 Å². The van der Waals surface area contributed by atoms with Crippen molar-refractivity contribution in [2.24, 2.45) is 28.6 Å². The molecule has 4 aliphatic rings. The minimum absolute atomic E-state index is 0.0977. The topological polar surface area (TPSA) is 17.1 Å². The molecule has 3 saturated carbocycles. The molecular formula is C26H33F3NO+. The Morgan fingerprint density at radius 3 is 2.48 bits per heavy atom. The van der Waals surface area contributed by atoms with Crippen LogP contribution in [0, 0.1) is 28.6 Å². The van der Waals surface area contributed by atoms with Gasteiger partial charge in [-0.15, -0.1) is 0 Å². The monoisotopic (exact) mass is 432 g/mol. The van der Waals surface area contributed by atoms with E-state index in [4.69, 9.17) is 0 Å². The van der Waals surface area contributed by atoms with Gasteiger partial charge >= 0.3 is 12.1 Å². The second-order valence-electron chi connectivity index (χ2n) is 11.2. The summed E-state index contributed by atoms with van der Waals surface area (Å²) in [6.07, 6.45) is 7.20. The van der Waals surface area contributed by atoms with Crippen LogP contribution in [0.25, 0.3) is 0 Å². The summed E-state index contributed by atoms with van der Waals surface area (Å²) >= 11 is 0. The second-order valence-corrected chi connectivity index (χ2v) is 11.2. The molecule has 0 radical (unpaired) electrons. The molecule has 1 unspecified atom stereocenters. The van der Waals surface area contributed by atoms with Crippen molar-refractivity contribution < 1.29 is 18.0 Å². The smallest absolute Gasteiger partial charge is 0.226 e. The number of nitrogens with zero attached hydrogens (tertiary/aromatic N) is 1. The first-order valence-corrected chi connectivity index (χ1v) is 11.8. The maximum absolute atomic E-state index is 13.9. The van der Waals surface area contributed by atoms with E-state index in [0.29, 0.717) is 17.3 Å². The summed E-state index contributed by atoms with van der Waals surface area (Å²) in [6.45, 7) is 4.68. The zero-order chi connectivity index (χ0) is 22.2. The molecule has 0 spiro atoms. The number of benzene rings is 1.